The van der Waals surface area contributed by atoms with Crippen LogP contribution in [0.15, 0.2) is 58.6 Å². The first-order valence-corrected chi connectivity index (χ1v) is 13.4. The van der Waals surface area contributed by atoms with E-state index in [1.54, 1.807) is 18.3 Å². The lowest BCUT2D eigenvalue weighted by molar-refractivity contribution is 0.169. The lowest BCUT2D eigenvalue weighted by Gasteiger charge is -2.32. The van der Waals surface area contributed by atoms with E-state index in [1.807, 2.05) is 19.3 Å². The number of aryl methyl sites for hydroxylation is 1. The molecule has 1 saturated carbocycles. The number of hydrogen-bond acceptors (Lipinski definition) is 7. The maximum Gasteiger partial charge on any atom is 0.258 e. The zero-order chi connectivity index (χ0) is 23.9. The quantitative estimate of drug-likeness (QED) is 0.534. The van der Waals surface area contributed by atoms with Crippen LogP contribution in [0.2, 0.25) is 0 Å². The molecule has 3 heterocycles. The molecule has 1 saturated heterocycles. The van der Waals surface area contributed by atoms with Gasteiger partial charge in [-0.2, -0.15) is 0 Å². The summed E-state index contributed by atoms with van der Waals surface area (Å²) in [6.07, 6.45) is 10.9. The maximum absolute atomic E-state index is 12.8. The Morgan fingerprint density at radius 1 is 1.00 bits per heavy atom. The van der Waals surface area contributed by atoms with Crippen molar-refractivity contribution >= 4 is 15.8 Å². The van der Waals surface area contributed by atoms with Crippen LogP contribution >= 0.6 is 0 Å². The first-order chi connectivity index (χ1) is 16.3. The number of aromatic nitrogens is 3. The van der Waals surface area contributed by atoms with Crippen LogP contribution in [0.25, 0.3) is 5.69 Å². The van der Waals surface area contributed by atoms with Gasteiger partial charge in [0, 0.05) is 68.1 Å². The number of pyridine rings is 1. The Hall–Kier alpha value is -3.20. The molecule has 8 nitrogen and oxygen atoms in total. The summed E-state index contributed by atoms with van der Waals surface area (Å²) < 4.78 is 31.1. The molecule has 0 atom stereocenters. The van der Waals surface area contributed by atoms with E-state index in [9.17, 15) is 13.2 Å². The number of rotatable bonds is 6. The molecule has 0 N–H and O–H groups in total. The average Bonchev–Trinajstić information content (AvgIpc) is 3.67. The lowest BCUT2D eigenvalue weighted by atomic mass is 10.1. The summed E-state index contributed by atoms with van der Waals surface area (Å²) >= 11 is 0. The number of anilines is 1. The van der Waals surface area contributed by atoms with E-state index in [1.165, 1.54) is 41.2 Å². The summed E-state index contributed by atoms with van der Waals surface area (Å²) in [7, 11) is -3.29. The lowest BCUT2D eigenvalue weighted by Crippen LogP contribution is -2.39. The zero-order valence-corrected chi connectivity index (χ0v) is 20.2. The molecule has 2 aromatic heterocycles. The predicted octanol–water partition coefficient (Wildman–Crippen LogP) is 3.26. The Kier molecular flexibility index (Phi) is 5.89. The molecule has 3 aromatic rings. The van der Waals surface area contributed by atoms with Crippen molar-refractivity contribution in [3.63, 3.8) is 0 Å². The summed E-state index contributed by atoms with van der Waals surface area (Å²) in [5, 5.41) is 0. The minimum absolute atomic E-state index is 0.0185. The fourth-order valence-electron chi connectivity index (χ4n) is 4.27. The molecule has 178 valence electrons. The Balaban J connectivity index is 1.24. The number of piperidine rings is 1. The molecule has 2 fully saturated rings. The Morgan fingerprint density at radius 3 is 2.24 bits per heavy atom. The highest BCUT2D eigenvalue weighted by molar-refractivity contribution is 7.90. The van der Waals surface area contributed by atoms with Crippen molar-refractivity contribution in [3.05, 3.63) is 70.4 Å². The van der Waals surface area contributed by atoms with Crippen LogP contribution in [0, 0.1) is 6.92 Å². The van der Waals surface area contributed by atoms with Crippen molar-refractivity contribution in [3.8, 4) is 11.4 Å². The van der Waals surface area contributed by atoms with E-state index in [0.29, 0.717) is 17.4 Å². The molecule has 0 radical (unpaired) electrons. The number of hydrogen-bond donors (Lipinski definition) is 0. The van der Waals surface area contributed by atoms with E-state index >= 15 is 0 Å². The second-order valence-corrected chi connectivity index (χ2v) is 11.2. The largest absolute Gasteiger partial charge is 0.490 e. The fourth-order valence-corrected chi connectivity index (χ4v) is 4.90. The van der Waals surface area contributed by atoms with Crippen LogP contribution in [-0.4, -0.2) is 48.4 Å². The Morgan fingerprint density at radius 2 is 1.65 bits per heavy atom. The monoisotopic (exact) mass is 480 g/mol. The Labute approximate surface area is 199 Å². The Bertz CT molecular complexity index is 1340. The van der Waals surface area contributed by atoms with Gasteiger partial charge in [-0.1, -0.05) is 0 Å². The van der Waals surface area contributed by atoms with Gasteiger partial charge in [-0.25, -0.2) is 18.4 Å². The van der Waals surface area contributed by atoms with Crippen molar-refractivity contribution < 1.29 is 13.2 Å². The first-order valence-electron chi connectivity index (χ1n) is 11.6. The molecule has 0 spiro atoms. The van der Waals surface area contributed by atoms with Crippen molar-refractivity contribution in [2.24, 2.45) is 0 Å². The highest BCUT2D eigenvalue weighted by Crippen LogP contribution is 2.39. The molecule has 0 unspecified atom stereocenters. The van der Waals surface area contributed by atoms with Crippen LogP contribution in [0.4, 0.5) is 5.95 Å². The standard InChI is InChI=1S/C25H28N4O4S/c1-17-16-29(20-5-7-22(8-6-20)34(2,31)32)24(30)13-23(17)33-21-9-11-28(12-10-21)25-26-14-19(15-27-25)18-3-4-18/h5-8,13-16,18,21H,3-4,9-12H2,1-2H3. The molecule has 1 aromatic carbocycles. The van der Waals surface area contributed by atoms with E-state index < -0.39 is 9.84 Å². The summed E-state index contributed by atoms with van der Waals surface area (Å²) in [5.41, 5.74) is 2.45. The normalized spacial score (nSPS) is 17.1. The summed E-state index contributed by atoms with van der Waals surface area (Å²) in [6, 6.07) is 7.78. The molecule has 5 rings (SSSR count). The first kappa shape index (κ1) is 22.6. The van der Waals surface area contributed by atoms with E-state index in [4.69, 9.17) is 4.74 Å². The van der Waals surface area contributed by atoms with Gasteiger partial charge in [0.05, 0.1) is 4.90 Å². The SMILES string of the molecule is Cc1cn(-c2ccc(S(C)(=O)=O)cc2)c(=O)cc1OC1CCN(c2ncc(C3CC3)cn2)CC1. The van der Waals surface area contributed by atoms with E-state index in [2.05, 4.69) is 14.9 Å². The molecule has 2 aliphatic rings. The zero-order valence-electron chi connectivity index (χ0n) is 19.3. The third-order valence-electron chi connectivity index (χ3n) is 6.47. The van der Waals surface area contributed by atoms with Crippen LogP contribution in [0.3, 0.4) is 0 Å². The topological polar surface area (TPSA) is 94.4 Å². The summed E-state index contributed by atoms with van der Waals surface area (Å²) in [4.78, 5) is 24.3. The number of sulfone groups is 1. The van der Waals surface area contributed by atoms with Crippen LogP contribution in [0.1, 0.15) is 42.7 Å². The minimum atomic E-state index is -3.29. The van der Waals surface area contributed by atoms with Gasteiger partial charge in [-0.3, -0.25) is 9.36 Å². The van der Waals surface area contributed by atoms with E-state index in [0.717, 1.165) is 43.7 Å². The number of benzene rings is 1. The minimum Gasteiger partial charge on any atom is -0.490 e. The van der Waals surface area contributed by atoms with Crippen molar-refractivity contribution in [2.45, 2.75) is 49.5 Å². The van der Waals surface area contributed by atoms with Gasteiger partial charge in [0.25, 0.3) is 5.56 Å². The maximum atomic E-state index is 12.8. The van der Waals surface area contributed by atoms with Gasteiger partial charge in [-0.15, -0.1) is 0 Å². The van der Waals surface area contributed by atoms with Gasteiger partial charge >= 0.3 is 0 Å². The van der Waals surface area contributed by atoms with Crippen LogP contribution < -0.4 is 15.2 Å². The highest BCUT2D eigenvalue weighted by Gasteiger charge is 2.26. The molecule has 1 aliphatic heterocycles. The highest BCUT2D eigenvalue weighted by atomic mass is 32.2. The third-order valence-corrected chi connectivity index (χ3v) is 7.60. The summed E-state index contributed by atoms with van der Waals surface area (Å²) in [5.74, 6) is 2.00. The van der Waals surface area contributed by atoms with Gasteiger partial charge in [0.2, 0.25) is 5.95 Å². The molecule has 0 amide bonds. The second-order valence-electron chi connectivity index (χ2n) is 9.19. The molecule has 34 heavy (non-hydrogen) atoms. The number of nitrogens with zero attached hydrogens (tertiary/aromatic N) is 4. The van der Waals surface area contributed by atoms with Crippen molar-refractivity contribution in [1.29, 1.82) is 0 Å². The molecule has 1 aliphatic carbocycles. The third kappa shape index (κ3) is 4.84. The molecule has 9 heteroatoms. The molecular weight excluding hydrogens is 452 g/mol. The second kappa shape index (κ2) is 8.87. The smallest absolute Gasteiger partial charge is 0.258 e. The van der Waals surface area contributed by atoms with Crippen molar-refractivity contribution in [1.82, 2.24) is 14.5 Å². The predicted molar refractivity (Wildman–Crippen MR) is 130 cm³/mol. The molecule has 0 bridgehead atoms. The van der Waals surface area contributed by atoms with Crippen LogP contribution in [0.5, 0.6) is 5.75 Å². The van der Waals surface area contributed by atoms with E-state index in [-0.39, 0.29) is 16.6 Å². The fraction of sp³-hybridized carbons (Fsp3) is 0.400. The molecular formula is C25H28N4O4S. The van der Waals surface area contributed by atoms with Crippen LogP contribution in [-0.2, 0) is 9.84 Å². The van der Waals surface area contributed by atoms with Gasteiger partial charge < -0.3 is 9.64 Å². The van der Waals surface area contributed by atoms with Gasteiger partial charge in [0.1, 0.15) is 11.9 Å². The average molecular weight is 481 g/mol. The van der Waals surface area contributed by atoms with Crippen molar-refractivity contribution in [2.75, 3.05) is 24.2 Å². The number of ether oxygens (including phenoxy) is 1. The summed E-state index contributed by atoms with van der Waals surface area (Å²) in [6.45, 7) is 3.51. The van der Waals surface area contributed by atoms with Gasteiger partial charge in [-0.05, 0) is 55.5 Å². The van der Waals surface area contributed by atoms with Gasteiger partial charge in [0.15, 0.2) is 9.84 Å².